The monoisotopic (exact) mass is 502 g/mol. The van der Waals surface area contributed by atoms with E-state index in [0.29, 0.717) is 0 Å². The molecule has 34 heavy (non-hydrogen) atoms. The highest BCUT2D eigenvalue weighted by Crippen LogP contribution is 2.31. The lowest BCUT2D eigenvalue weighted by Gasteiger charge is -2.30. The van der Waals surface area contributed by atoms with Crippen LogP contribution in [0.4, 0.5) is 0 Å². The van der Waals surface area contributed by atoms with E-state index in [1.807, 2.05) is 0 Å². The van der Waals surface area contributed by atoms with Crippen LogP contribution in [0.15, 0.2) is 0 Å². The van der Waals surface area contributed by atoms with Crippen molar-refractivity contribution >= 4 is 0 Å². The first kappa shape index (κ1) is 28.0. The summed E-state index contributed by atoms with van der Waals surface area (Å²) >= 11 is 0. The third-order valence-electron chi connectivity index (χ3n) is 6.01. The van der Waals surface area contributed by atoms with Gasteiger partial charge in [-0.05, 0) is 6.92 Å². The van der Waals surface area contributed by atoms with E-state index in [1.54, 1.807) is 6.92 Å². The van der Waals surface area contributed by atoms with Gasteiger partial charge in [-0.15, -0.1) is 0 Å². The second kappa shape index (κ2) is 12.1. The molecule has 3 aliphatic heterocycles. The number of rotatable bonds is 11. The van der Waals surface area contributed by atoms with Gasteiger partial charge in [-0.25, -0.2) is 0 Å². The van der Waals surface area contributed by atoms with Crippen molar-refractivity contribution in [2.75, 3.05) is 26.4 Å². The lowest BCUT2D eigenvalue weighted by atomic mass is 10.1. The minimum absolute atomic E-state index is 0.159. The van der Waals surface area contributed by atoms with Crippen LogP contribution in [-0.2, 0) is 28.4 Å². The molecule has 3 rings (SSSR count). The summed E-state index contributed by atoms with van der Waals surface area (Å²) < 4.78 is 32.5. The van der Waals surface area contributed by atoms with Gasteiger partial charge in [0.1, 0.15) is 67.1 Å². The Hall–Kier alpha value is -0.600. The molecule has 0 aromatic rings. The lowest BCUT2D eigenvalue weighted by molar-refractivity contribution is -0.259. The van der Waals surface area contributed by atoms with E-state index < -0.39 is 106 Å². The van der Waals surface area contributed by atoms with Gasteiger partial charge in [0.25, 0.3) is 0 Å². The van der Waals surface area contributed by atoms with Crippen molar-refractivity contribution < 1.29 is 74.4 Å². The predicted octanol–water partition coefficient (Wildman–Crippen LogP) is -5.89. The number of aliphatic hydroxyl groups is 9. The normalized spacial score (nSPS) is 46.8. The molecule has 3 aliphatic rings. The molecule has 200 valence electrons. The van der Waals surface area contributed by atoms with Gasteiger partial charge < -0.3 is 74.4 Å². The van der Waals surface area contributed by atoms with Crippen LogP contribution in [0.5, 0.6) is 0 Å². The largest absolute Gasteiger partial charge is 0.394 e. The summed E-state index contributed by atoms with van der Waals surface area (Å²) in [6.45, 7) is -0.0609. The summed E-state index contributed by atoms with van der Waals surface area (Å²) in [4.78, 5) is 0. The zero-order valence-electron chi connectivity index (χ0n) is 18.4. The molecule has 0 spiro atoms. The highest BCUT2D eigenvalue weighted by molar-refractivity contribution is 4.95. The molecule has 15 heteroatoms. The molecule has 9 N–H and O–H groups in total. The van der Waals surface area contributed by atoms with Crippen LogP contribution in [0.3, 0.4) is 0 Å². The standard InChI is InChI=1S/C19H34O15/c1-2-29-17-14(28)11(25)16(34-17)8(32-19-12(26)9(23)7(4-21)31-19)5-30-18-13(27)10(24)15(33-18)6(22)3-20/h6-28H,2-5H2,1H3/t6-,7-,8-,9-,10-,11-,12+,13-,14-,15+,16+,17?,18?,19?/m1/s1. The van der Waals surface area contributed by atoms with Crippen LogP contribution < -0.4 is 0 Å². The van der Waals surface area contributed by atoms with E-state index >= 15 is 0 Å². The first-order valence-corrected chi connectivity index (χ1v) is 11.0. The quantitative estimate of drug-likeness (QED) is 0.128. The Morgan fingerprint density at radius 2 is 1.26 bits per heavy atom. The van der Waals surface area contributed by atoms with Gasteiger partial charge in [0.05, 0.1) is 19.8 Å². The molecule has 3 unspecified atom stereocenters. The lowest BCUT2D eigenvalue weighted by Crippen LogP contribution is -2.47. The van der Waals surface area contributed by atoms with Gasteiger partial charge in [-0.2, -0.15) is 0 Å². The first-order chi connectivity index (χ1) is 16.1. The van der Waals surface area contributed by atoms with Crippen molar-refractivity contribution in [3.8, 4) is 0 Å². The van der Waals surface area contributed by atoms with Crippen LogP contribution in [0.2, 0.25) is 0 Å². The maximum absolute atomic E-state index is 10.5. The van der Waals surface area contributed by atoms with Crippen LogP contribution in [0, 0.1) is 0 Å². The zero-order chi connectivity index (χ0) is 25.2. The van der Waals surface area contributed by atoms with Crippen LogP contribution in [-0.4, -0.2) is 158 Å². The van der Waals surface area contributed by atoms with Gasteiger partial charge in [0.2, 0.25) is 0 Å². The summed E-state index contributed by atoms with van der Waals surface area (Å²) in [5.41, 5.74) is 0. The Balaban J connectivity index is 1.72. The van der Waals surface area contributed by atoms with E-state index in [4.69, 9.17) is 33.5 Å². The van der Waals surface area contributed by atoms with Crippen LogP contribution >= 0.6 is 0 Å². The van der Waals surface area contributed by atoms with Crippen molar-refractivity contribution in [1.29, 1.82) is 0 Å². The van der Waals surface area contributed by atoms with Gasteiger partial charge in [-0.1, -0.05) is 0 Å². The Labute approximate surface area is 194 Å². The fourth-order valence-corrected chi connectivity index (χ4v) is 4.06. The molecule has 0 aromatic carbocycles. The average Bonchev–Trinajstić information content (AvgIpc) is 3.38. The van der Waals surface area contributed by atoms with Crippen LogP contribution in [0.1, 0.15) is 6.92 Å². The Kier molecular flexibility index (Phi) is 9.95. The number of ether oxygens (including phenoxy) is 6. The molecule has 14 atom stereocenters. The summed E-state index contributed by atoms with van der Waals surface area (Å²) in [5, 5.41) is 89.2. The van der Waals surface area contributed by atoms with Crippen molar-refractivity contribution in [3.63, 3.8) is 0 Å². The Morgan fingerprint density at radius 1 is 0.706 bits per heavy atom. The maximum Gasteiger partial charge on any atom is 0.187 e. The highest BCUT2D eigenvalue weighted by Gasteiger charge is 2.52. The molecule has 3 saturated heterocycles. The van der Waals surface area contributed by atoms with Gasteiger partial charge >= 0.3 is 0 Å². The second-order valence-corrected chi connectivity index (χ2v) is 8.32. The fraction of sp³-hybridized carbons (Fsp3) is 1.00. The molecule has 0 radical (unpaired) electrons. The third kappa shape index (κ3) is 5.69. The summed E-state index contributed by atoms with van der Waals surface area (Å²) in [6.07, 6.45) is -20.0. The predicted molar refractivity (Wildman–Crippen MR) is 105 cm³/mol. The molecule has 0 amide bonds. The minimum atomic E-state index is -1.61. The minimum Gasteiger partial charge on any atom is -0.394 e. The van der Waals surface area contributed by atoms with Crippen molar-refractivity contribution in [2.24, 2.45) is 0 Å². The highest BCUT2D eigenvalue weighted by atomic mass is 16.8. The smallest absolute Gasteiger partial charge is 0.187 e. The second-order valence-electron chi connectivity index (χ2n) is 8.32. The fourth-order valence-electron chi connectivity index (χ4n) is 4.06. The molecular formula is C19H34O15. The topological polar surface area (TPSA) is 237 Å². The van der Waals surface area contributed by atoms with Gasteiger partial charge in [0.15, 0.2) is 18.9 Å². The van der Waals surface area contributed by atoms with Crippen molar-refractivity contribution in [2.45, 2.75) is 92.9 Å². The van der Waals surface area contributed by atoms with Crippen molar-refractivity contribution in [1.82, 2.24) is 0 Å². The molecule has 3 heterocycles. The molecule has 0 aromatic heterocycles. The number of aliphatic hydroxyl groups excluding tert-OH is 9. The number of hydrogen-bond donors (Lipinski definition) is 9. The number of hydrogen-bond acceptors (Lipinski definition) is 15. The van der Waals surface area contributed by atoms with E-state index in [9.17, 15) is 40.9 Å². The molecule has 0 saturated carbocycles. The Morgan fingerprint density at radius 3 is 1.82 bits per heavy atom. The molecule has 0 bridgehead atoms. The van der Waals surface area contributed by atoms with E-state index in [2.05, 4.69) is 0 Å². The van der Waals surface area contributed by atoms with Gasteiger partial charge in [-0.3, -0.25) is 0 Å². The average molecular weight is 502 g/mol. The Bertz CT molecular complexity index is 627. The molecule has 0 aliphatic carbocycles. The van der Waals surface area contributed by atoms with E-state index in [0.717, 1.165) is 0 Å². The molecular weight excluding hydrogens is 468 g/mol. The zero-order valence-corrected chi connectivity index (χ0v) is 18.4. The van der Waals surface area contributed by atoms with E-state index in [1.165, 1.54) is 0 Å². The van der Waals surface area contributed by atoms with Crippen LogP contribution in [0.25, 0.3) is 0 Å². The third-order valence-corrected chi connectivity index (χ3v) is 6.01. The van der Waals surface area contributed by atoms with E-state index in [-0.39, 0.29) is 6.61 Å². The first-order valence-electron chi connectivity index (χ1n) is 11.0. The molecule has 3 fully saturated rings. The molecule has 15 nitrogen and oxygen atoms in total. The summed E-state index contributed by atoms with van der Waals surface area (Å²) in [5.74, 6) is 0. The summed E-state index contributed by atoms with van der Waals surface area (Å²) in [7, 11) is 0. The summed E-state index contributed by atoms with van der Waals surface area (Å²) in [6, 6.07) is 0. The maximum atomic E-state index is 10.5. The van der Waals surface area contributed by atoms with Gasteiger partial charge in [0, 0.05) is 6.61 Å². The SMILES string of the molecule is CCOC1O[C@@H]([C@@H](COC2O[C@@H]([C@H](O)CO)[C@H](O)[C@H]2O)OC2O[C@H](CO)[C@@H](O)[C@@H]2O)[C@H](O)[C@H]1O. The van der Waals surface area contributed by atoms with Crippen molar-refractivity contribution in [3.05, 3.63) is 0 Å².